The second kappa shape index (κ2) is 6.59. The molecule has 0 saturated carbocycles. The van der Waals surface area contributed by atoms with Crippen LogP contribution >= 0.6 is 11.8 Å². The maximum Gasteiger partial charge on any atom is 0.405 e. The molecule has 1 amide bonds. The van der Waals surface area contributed by atoms with Crippen molar-refractivity contribution in [2.75, 3.05) is 19.1 Å². The van der Waals surface area contributed by atoms with E-state index in [1.54, 1.807) is 11.8 Å². The lowest BCUT2D eigenvalue weighted by atomic mass is 10.2. The van der Waals surface area contributed by atoms with E-state index in [4.69, 9.17) is 5.11 Å². The molecule has 0 aromatic carbocycles. The highest BCUT2D eigenvalue weighted by atomic mass is 32.2. The number of amides is 1. The summed E-state index contributed by atoms with van der Waals surface area (Å²) in [7, 11) is 1.23. The van der Waals surface area contributed by atoms with Gasteiger partial charge in [0.05, 0.1) is 7.11 Å². The summed E-state index contributed by atoms with van der Waals surface area (Å²) in [5.41, 5.74) is 0. The number of esters is 1. The fourth-order valence-corrected chi connectivity index (χ4v) is 1.25. The van der Waals surface area contributed by atoms with Crippen molar-refractivity contribution in [1.82, 2.24) is 5.32 Å². The molecule has 0 aliphatic rings. The molecule has 1 unspecified atom stereocenters. The number of thioether (sulfide) groups is 1. The van der Waals surface area contributed by atoms with Crippen LogP contribution < -0.4 is 5.32 Å². The largest absolute Gasteiger partial charge is 0.467 e. The number of ether oxygens (including phenoxy) is 1. The van der Waals surface area contributed by atoms with E-state index >= 15 is 0 Å². The van der Waals surface area contributed by atoms with Crippen molar-refractivity contribution in [2.45, 2.75) is 12.5 Å². The van der Waals surface area contributed by atoms with Gasteiger partial charge in [-0.3, -0.25) is 0 Å². The van der Waals surface area contributed by atoms with E-state index in [1.165, 1.54) is 7.11 Å². The third kappa shape index (κ3) is 5.35. The molecule has 13 heavy (non-hydrogen) atoms. The van der Waals surface area contributed by atoms with Crippen molar-refractivity contribution in [1.29, 1.82) is 0 Å². The molecule has 6 heteroatoms. The third-order valence-electron chi connectivity index (χ3n) is 1.39. The molecule has 0 aliphatic heterocycles. The number of carbonyl (C=O) groups is 2. The van der Waals surface area contributed by atoms with E-state index < -0.39 is 18.1 Å². The lowest BCUT2D eigenvalue weighted by Crippen LogP contribution is -2.41. The first-order valence-electron chi connectivity index (χ1n) is 3.68. The Morgan fingerprint density at radius 3 is 2.62 bits per heavy atom. The van der Waals surface area contributed by atoms with Crippen LogP contribution in [0.15, 0.2) is 0 Å². The molecule has 0 heterocycles. The fourth-order valence-electron chi connectivity index (χ4n) is 0.776. The number of carboxylic acid groups (broad SMARTS) is 1. The molecule has 0 fully saturated rings. The Bertz CT molecular complexity index is 185. The van der Waals surface area contributed by atoms with Crippen molar-refractivity contribution in [3.05, 3.63) is 0 Å². The van der Waals surface area contributed by atoms with Gasteiger partial charge < -0.3 is 15.2 Å². The van der Waals surface area contributed by atoms with Crippen LogP contribution in [0.3, 0.4) is 0 Å². The molecule has 0 saturated heterocycles. The summed E-state index contributed by atoms with van der Waals surface area (Å²) in [6.07, 6.45) is 1.12. The molecular weight excluding hydrogens is 194 g/mol. The number of hydrogen-bond acceptors (Lipinski definition) is 4. The van der Waals surface area contributed by atoms with Crippen LogP contribution in [0.5, 0.6) is 0 Å². The van der Waals surface area contributed by atoms with E-state index in [2.05, 4.69) is 10.1 Å². The van der Waals surface area contributed by atoms with Gasteiger partial charge in [-0.05, 0) is 18.4 Å². The Labute approximate surface area is 80.8 Å². The molecule has 5 nitrogen and oxygen atoms in total. The lowest BCUT2D eigenvalue weighted by molar-refractivity contribution is -0.143. The van der Waals surface area contributed by atoms with Crippen LogP contribution in [-0.4, -0.2) is 42.3 Å². The van der Waals surface area contributed by atoms with Gasteiger partial charge in [0.15, 0.2) is 0 Å². The van der Waals surface area contributed by atoms with Crippen molar-refractivity contribution < 1.29 is 19.4 Å². The molecular formula is C7H13NO4S. The second-order valence-corrected chi connectivity index (χ2v) is 3.29. The molecule has 0 radical (unpaired) electrons. The van der Waals surface area contributed by atoms with E-state index in [0.717, 1.165) is 0 Å². The monoisotopic (exact) mass is 207 g/mol. The number of rotatable bonds is 5. The summed E-state index contributed by atoms with van der Waals surface area (Å²) in [5.74, 6) is 0.163. The minimum absolute atomic E-state index is 0.445. The fraction of sp³-hybridized carbons (Fsp3) is 0.714. The first kappa shape index (κ1) is 12.1. The molecule has 0 spiro atoms. The summed E-state index contributed by atoms with van der Waals surface area (Å²) in [4.78, 5) is 21.3. The first-order valence-corrected chi connectivity index (χ1v) is 5.07. The van der Waals surface area contributed by atoms with Gasteiger partial charge in [0.25, 0.3) is 0 Å². The highest BCUT2D eigenvalue weighted by molar-refractivity contribution is 7.98. The van der Waals surface area contributed by atoms with Gasteiger partial charge >= 0.3 is 12.1 Å². The van der Waals surface area contributed by atoms with Gasteiger partial charge in [-0.15, -0.1) is 0 Å². The van der Waals surface area contributed by atoms with E-state index in [-0.39, 0.29) is 0 Å². The Balaban J connectivity index is 4.02. The highest BCUT2D eigenvalue weighted by Gasteiger charge is 2.20. The predicted molar refractivity (Wildman–Crippen MR) is 50.0 cm³/mol. The third-order valence-corrected chi connectivity index (χ3v) is 2.04. The number of nitrogens with one attached hydrogen (secondary N) is 1. The Morgan fingerprint density at radius 2 is 2.23 bits per heavy atom. The summed E-state index contributed by atoms with van der Waals surface area (Å²) in [6.45, 7) is 0. The zero-order chi connectivity index (χ0) is 10.3. The van der Waals surface area contributed by atoms with Crippen LogP contribution in [0.1, 0.15) is 6.42 Å². The number of hydrogen-bond donors (Lipinski definition) is 2. The Morgan fingerprint density at radius 1 is 1.62 bits per heavy atom. The average molecular weight is 207 g/mol. The minimum atomic E-state index is -1.21. The molecule has 0 aromatic rings. The maximum atomic E-state index is 11.0. The van der Waals surface area contributed by atoms with Gasteiger partial charge in [0, 0.05) is 0 Å². The molecule has 76 valence electrons. The van der Waals surface area contributed by atoms with Crippen LogP contribution in [-0.2, 0) is 9.53 Å². The molecule has 2 N–H and O–H groups in total. The summed E-state index contributed by atoms with van der Waals surface area (Å²) < 4.78 is 4.44. The zero-order valence-corrected chi connectivity index (χ0v) is 8.39. The predicted octanol–water partition coefficient (Wildman–Crippen LogP) is 0.549. The quantitative estimate of drug-likeness (QED) is 0.644. The molecule has 0 rings (SSSR count). The van der Waals surface area contributed by atoms with Crippen molar-refractivity contribution >= 4 is 23.8 Å². The van der Waals surface area contributed by atoms with E-state index in [9.17, 15) is 9.59 Å². The normalized spacial score (nSPS) is 11.8. The van der Waals surface area contributed by atoms with E-state index in [1.807, 2.05) is 6.26 Å². The highest BCUT2D eigenvalue weighted by Crippen LogP contribution is 2.02. The Kier molecular flexibility index (Phi) is 6.13. The van der Waals surface area contributed by atoms with Crippen LogP contribution in [0, 0.1) is 0 Å². The summed E-state index contributed by atoms with van der Waals surface area (Å²) in [6, 6.07) is -0.755. The number of methoxy groups -OCH3 is 1. The van der Waals surface area contributed by atoms with Gasteiger partial charge in [-0.1, -0.05) is 0 Å². The van der Waals surface area contributed by atoms with Crippen molar-refractivity contribution in [3.8, 4) is 0 Å². The van der Waals surface area contributed by atoms with Crippen LogP contribution in [0.25, 0.3) is 0 Å². The van der Waals surface area contributed by atoms with Crippen molar-refractivity contribution in [3.63, 3.8) is 0 Å². The molecule has 1 atom stereocenters. The van der Waals surface area contributed by atoms with Gasteiger partial charge in [0.1, 0.15) is 6.04 Å². The van der Waals surface area contributed by atoms with Gasteiger partial charge in [0.2, 0.25) is 0 Å². The number of carbonyl (C=O) groups excluding carboxylic acids is 1. The second-order valence-electron chi connectivity index (χ2n) is 2.31. The smallest absolute Gasteiger partial charge is 0.405 e. The average Bonchev–Trinajstić information content (AvgIpc) is 2.10. The topological polar surface area (TPSA) is 75.6 Å². The minimum Gasteiger partial charge on any atom is -0.467 e. The maximum absolute atomic E-state index is 11.0. The Hall–Kier alpha value is -0.910. The standard InChI is InChI=1S/C7H13NO4S/c1-12-6(9)5(3-4-13-2)8-7(10)11/h5,8H,3-4H2,1-2H3,(H,10,11). The first-order chi connectivity index (χ1) is 6.11. The van der Waals surface area contributed by atoms with Crippen LogP contribution in [0.2, 0.25) is 0 Å². The van der Waals surface area contributed by atoms with Crippen molar-refractivity contribution in [2.24, 2.45) is 0 Å². The SMILES string of the molecule is COC(=O)C(CCSC)NC(=O)O. The molecule has 0 aromatic heterocycles. The summed E-state index contributed by atoms with van der Waals surface area (Å²) in [5, 5.41) is 10.5. The van der Waals surface area contributed by atoms with Gasteiger partial charge in [-0.2, -0.15) is 11.8 Å². The summed E-state index contributed by atoms with van der Waals surface area (Å²) >= 11 is 1.54. The van der Waals surface area contributed by atoms with Gasteiger partial charge in [-0.25, -0.2) is 9.59 Å². The zero-order valence-electron chi connectivity index (χ0n) is 7.57. The molecule has 0 aliphatic carbocycles. The lowest BCUT2D eigenvalue weighted by Gasteiger charge is -2.13. The molecule has 0 bridgehead atoms. The van der Waals surface area contributed by atoms with E-state index in [0.29, 0.717) is 12.2 Å². The van der Waals surface area contributed by atoms with Crippen LogP contribution in [0.4, 0.5) is 4.79 Å².